The molecule has 0 atom stereocenters. The van der Waals surface area contributed by atoms with Crippen molar-refractivity contribution in [1.82, 2.24) is 0 Å². The van der Waals surface area contributed by atoms with E-state index in [2.05, 4.69) is 0 Å². The molecule has 0 aromatic carbocycles. The van der Waals surface area contributed by atoms with E-state index in [1.165, 1.54) is 0 Å². The van der Waals surface area contributed by atoms with Crippen LogP contribution in [0.4, 0.5) is 0 Å². The summed E-state index contributed by atoms with van der Waals surface area (Å²) in [5.74, 6) is 0. The van der Waals surface area contributed by atoms with Gasteiger partial charge >= 0.3 is 0 Å². The Morgan fingerprint density at radius 1 is 1.00 bits per heavy atom. The van der Waals surface area contributed by atoms with Crippen molar-refractivity contribution in [2.75, 3.05) is 0 Å². The predicted molar refractivity (Wildman–Crippen MR) is 5.75 cm³/mol. The van der Waals surface area contributed by atoms with Crippen molar-refractivity contribution in [2.45, 2.75) is 0 Å². The molecule has 0 amide bonds. The second-order valence-corrected chi connectivity index (χ2v) is 0. The maximum atomic E-state index is 0. The van der Waals surface area contributed by atoms with Crippen LogP contribution in [0.2, 0.25) is 0 Å². The van der Waals surface area contributed by atoms with Crippen LogP contribution in [0.3, 0.4) is 0 Å². The third-order valence-electron chi connectivity index (χ3n) is 0. The van der Waals surface area contributed by atoms with Crippen molar-refractivity contribution in [3.05, 3.63) is 0 Å². The molecule has 0 rings (SSSR count). The Kier molecular flexibility index (Phi) is 151. The molecule has 0 heterocycles. The maximum absolute atomic E-state index is 0. The summed E-state index contributed by atoms with van der Waals surface area (Å²) in [4.78, 5) is 0. The van der Waals surface area contributed by atoms with E-state index in [1.54, 1.807) is 0 Å². The second kappa shape index (κ2) is 18.4. The summed E-state index contributed by atoms with van der Waals surface area (Å²) >= 11 is 0. The van der Waals surface area contributed by atoms with Gasteiger partial charge in [-0.25, -0.2) is 0 Å². The topological polar surface area (TPSA) is 0 Å². The van der Waals surface area contributed by atoms with Gasteiger partial charge in [0.2, 0.25) is 0 Å². The SMILES string of the molecule is [Cr].[Cu].[Ni].[Sn]. The Balaban J connectivity index is 0. The summed E-state index contributed by atoms with van der Waals surface area (Å²) < 4.78 is 0. The Morgan fingerprint density at radius 3 is 1.00 bits per heavy atom. The molecule has 0 aliphatic carbocycles. The molecule has 0 saturated heterocycles. The van der Waals surface area contributed by atoms with Crippen LogP contribution >= 0.6 is 0 Å². The van der Waals surface area contributed by atoms with E-state index in [9.17, 15) is 0 Å². The van der Waals surface area contributed by atoms with Gasteiger partial charge in [0.15, 0.2) is 0 Å². The molecule has 0 unspecified atom stereocenters. The quantitative estimate of drug-likeness (QED) is 0.534. The first-order valence-corrected chi connectivity index (χ1v) is 0. The molecule has 0 spiro atoms. The van der Waals surface area contributed by atoms with Crippen LogP contribution in [-0.2, 0) is 50.9 Å². The second-order valence-electron chi connectivity index (χ2n) is 0. The Hall–Kier alpha value is 2.34. The molecule has 0 fully saturated rings. The first-order chi connectivity index (χ1) is 0. The summed E-state index contributed by atoms with van der Waals surface area (Å²) in [7, 11) is 0. The van der Waals surface area contributed by atoms with E-state index in [1.807, 2.05) is 0 Å². The van der Waals surface area contributed by atoms with Crippen LogP contribution < -0.4 is 0 Å². The molecule has 0 aromatic rings. The number of hydrogen-bond donors (Lipinski definition) is 0. The van der Waals surface area contributed by atoms with Crippen LogP contribution in [0.25, 0.3) is 0 Å². The molecular weight excluding hydrogens is 293 g/mol. The van der Waals surface area contributed by atoms with Crippen LogP contribution in [0.1, 0.15) is 0 Å². The smallest absolute Gasteiger partial charge is 0 e. The van der Waals surface area contributed by atoms with Crippen molar-refractivity contribution in [3.63, 3.8) is 0 Å². The van der Waals surface area contributed by atoms with Gasteiger partial charge in [0.05, 0.1) is 0 Å². The van der Waals surface area contributed by atoms with Crippen molar-refractivity contribution in [3.8, 4) is 0 Å². The molecule has 0 aliphatic rings. The number of rotatable bonds is 0. The molecular formula is CrCuNiSn. The molecule has 0 bridgehead atoms. The van der Waals surface area contributed by atoms with Crippen molar-refractivity contribution in [2.24, 2.45) is 0 Å². The fraction of sp³-hybridized carbons (Fsp3) is 0. The molecule has 0 aromatic heterocycles. The van der Waals surface area contributed by atoms with E-state index >= 15 is 0 Å². The molecule has 4 heteroatoms. The van der Waals surface area contributed by atoms with E-state index in [0.29, 0.717) is 0 Å². The summed E-state index contributed by atoms with van der Waals surface area (Å²) in [5.41, 5.74) is 0. The zero-order valence-electron chi connectivity index (χ0n) is 1.53. The Morgan fingerprint density at radius 2 is 1.00 bits per heavy atom. The minimum atomic E-state index is 0. The minimum Gasteiger partial charge on any atom is 0 e. The van der Waals surface area contributed by atoms with Gasteiger partial charge in [0.25, 0.3) is 0 Å². The Bertz CT molecular complexity index is 8.00. The van der Waals surface area contributed by atoms with Crippen LogP contribution in [0.15, 0.2) is 0 Å². The van der Waals surface area contributed by atoms with Gasteiger partial charge in [-0.1, -0.05) is 0 Å². The first-order valence-electron chi connectivity index (χ1n) is 0. The van der Waals surface area contributed by atoms with E-state index < -0.39 is 0 Å². The predicted octanol–water partition coefficient (Wildman–Crippen LogP) is -0.388. The van der Waals surface area contributed by atoms with Gasteiger partial charge in [-0.3, -0.25) is 0 Å². The largest absolute Gasteiger partial charge is 0 e. The normalized spacial score (nSPS) is 0. The minimum absolute atomic E-state index is 0. The molecule has 4 heavy (non-hydrogen) atoms. The molecule has 0 aliphatic heterocycles. The number of hydrogen-bond acceptors (Lipinski definition) is 0. The van der Waals surface area contributed by atoms with Crippen molar-refractivity contribution in [1.29, 1.82) is 0 Å². The summed E-state index contributed by atoms with van der Waals surface area (Å²) in [5, 5.41) is 0. The third-order valence-corrected chi connectivity index (χ3v) is 0. The third kappa shape index (κ3) is 8.84. The van der Waals surface area contributed by atoms with Gasteiger partial charge in [0, 0.05) is 74.8 Å². The summed E-state index contributed by atoms with van der Waals surface area (Å²) in [6.45, 7) is 0. The van der Waals surface area contributed by atoms with E-state index in [0.717, 1.165) is 0 Å². The summed E-state index contributed by atoms with van der Waals surface area (Å²) in [6, 6.07) is 0. The summed E-state index contributed by atoms with van der Waals surface area (Å²) in [6.07, 6.45) is 0. The van der Waals surface area contributed by atoms with E-state index in [-0.39, 0.29) is 74.8 Å². The van der Waals surface area contributed by atoms with Gasteiger partial charge in [-0.05, 0) is 0 Å². The monoisotopic (exact) mass is 293 g/mol. The van der Waals surface area contributed by atoms with Crippen LogP contribution in [0.5, 0.6) is 0 Å². The fourth-order valence-electron chi connectivity index (χ4n) is 0. The zero-order valence-corrected chi connectivity index (χ0v) is 7.58. The van der Waals surface area contributed by atoms with Gasteiger partial charge in [-0.2, -0.15) is 0 Å². The average Bonchev–Trinajstić information content (AvgIpc) is 0. The van der Waals surface area contributed by atoms with Crippen LogP contribution in [-0.4, -0.2) is 23.9 Å². The molecule has 31 valence electrons. The molecule has 0 nitrogen and oxygen atoms in total. The van der Waals surface area contributed by atoms with Crippen molar-refractivity contribution >= 4 is 23.9 Å². The van der Waals surface area contributed by atoms with E-state index in [4.69, 9.17) is 0 Å². The fourth-order valence-corrected chi connectivity index (χ4v) is 0. The average molecular weight is 293 g/mol. The first kappa shape index (κ1) is 33.0. The van der Waals surface area contributed by atoms with Crippen LogP contribution in [0, 0.1) is 0 Å². The maximum Gasteiger partial charge on any atom is 0 e. The van der Waals surface area contributed by atoms with Gasteiger partial charge < -0.3 is 0 Å². The molecule has 0 N–H and O–H groups in total. The van der Waals surface area contributed by atoms with Gasteiger partial charge in [0.1, 0.15) is 0 Å². The zero-order chi connectivity index (χ0) is 0. The van der Waals surface area contributed by atoms with Crippen molar-refractivity contribution < 1.29 is 50.9 Å². The Labute approximate surface area is 74.0 Å². The van der Waals surface area contributed by atoms with Gasteiger partial charge in [-0.15, -0.1) is 0 Å². The standard InChI is InChI=1S/Cr.Cu.Ni.Sn. The molecule has 0 saturated carbocycles. The molecule has 5 radical (unpaired) electrons.